The highest BCUT2D eigenvalue weighted by Crippen LogP contribution is 2.32. The second-order valence-corrected chi connectivity index (χ2v) is 2.94. The van der Waals surface area contributed by atoms with Gasteiger partial charge < -0.3 is 0 Å². The standard InChI is InChI=1S/C12H9F3/c1-7(13)10-5-4-6-11(8(2)14)12(10)9(3)15/h4-6H,1-3H2. The van der Waals surface area contributed by atoms with Crippen LogP contribution in [-0.2, 0) is 0 Å². The van der Waals surface area contributed by atoms with Gasteiger partial charge in [0.25, 0.3) is 0 Å². The van der Waals surface area contributed by atoms with Gasteiger partial charge in [0, 0.05) is 16.7 Å². The van der Waals surface area contributed by atoms with Crippen LogP contribution in [0.3, 0.4) is 0 Å². The van der Waals surface area contributed by atoms with Gasteiger partial charge in [0.05, 0.1) is 0 Å². The van der Waals surface area contributed by atoms with E-state index in [0.717, 1.165) is 0 Å². The molecule has 1 rings (SSSR count). The van der Waals surface area contributed by atoms with E-state index < -0.39 is 17.5 Å². The minimum absolute atomic E-state index is 0.112. The summed E-state index contributed by atoms with van der Waals surface area (Å²) in [5.41, 5.74) is -0.463. The van der Waals surface area contributed by atoms with Crippen LogP contribution in [0.4, 0.5) is 13.2 Å². The van der Waals surface area contributed by atoms with Crippen LogP contribution in [0.5, 0.6) is 0 Å². The average Bonchev–Trinajstić information content (AvgIpc) is 2.16. The second-order valence-electron chi connectivity index (χ2n) is 2.94. The number of hydrogen-bond acceptors (Lipinski definition) is 0. The Morgan fingerprint density at radius 3 is 1.47 bits per heavy atom. The molecule has 0 aliphatic rings. The van der Waals surface area contributed by atoms with Gasteiger partial charge in [-0.15, -0.1) is 0 Å². The first-order valence-electron chi connectivity index (χ1n) is 4.12. The molecule has 0 aliphatic heterocycles. The first-order chi connectivity index (χ1) is 6.95. The van der Waals surface area contributed by atoms with Gasteiger partial charge in [0.1, 0.15) is 17.5 Å². The van der Waals surface area contributed by atoms with Crippen molar-refractivity contribution in [2.24, 2.45) is 0 Å². The molecule has 0 spiro atoms. The van der Waals surface area contributed by atoms with Crippen LogP contribution in [0.25, 0.3) is 17.5 Å². The SMILES string of the molecule is C=C(F)c1cccc(C(=C)F)c1C(=C)F. The maximum Gasteiger partial charge on any atom is 0.124 e. The second kappa shape index (κ2) is 4.17. The fourth-order valence-electron chi connectivity index (χ4n) is 1.30. The van der Waals surface area contributed by atoms with E-state index in [0.29, 0.717) is 0 Å². The lowest BCUT2D eigenvalue weighted by Crippen LogP contribution is -1.93. The molecule has 0 nitrogen and oxygen atoms in total. The number of hydrogen-bond donors (Lipinski definition) is 0. The van der Waals surface area contributed by atoms with E-state index >= 15 is 0 Å². The van der Waals surface area contributed by atoms with Gasteiger partial charge in [-0.25, -0.2) is 13.2 Å². The van der Waals surface area contributed by atoms with Crippen LogP contribution in [-0.4, -0.2) is 0 Å². The predicted octanol–water partition coefficient (Wildman–Crippen LogP) is 4.51. The summed E-state index contributed by atoms with van der Waals surface area (Å²) in [4.78, 5) is 0. The van der Waals surface area contributed by atoms with Crippen LogP contribution in [0.15, 0.2) is 37.9 Å². The molecular formula is C12H9F3. The Bertz CT molecular complexity index is 412. The molecule has 15 heavy (non-hydrogen) atoms. The molecule has 78 valence electrons. The maximum atomic E-state index is 13.1. The van der Waals surface area contributed by atoms with Gasteiger partial charge in [-0.05, 0) is 0 Å². The minimum Gasteiger partial charge on any atom is -0.207 e. The molecule has 0 saturated heterocycles. The zero-order valence-corrected chi connectivity index (χ0v) is 7.99. The highest BCUT2D eigenvalue weighted by Gasteiger charge is 2.15. The predicted molar refractivity (Wildman–Crippen MR) is 56.9 cm³/mol. The van der Waals surface area contributed by atoms with Crippen molar-refractivity contribution >= 4 is 17.5 Å². The summed E-state index contributed by atoms with van der Waals surface area (Å²) >= 11 is 0. The third-order valence-electron chi connectivity index (χ3n) is 1.92. The van der Waals surface area contributed by atoms with Crippen molar-refractivity contribution in [1.29, 1.82) is 0 Å². The van der Waals surface area contributed by atoms with Gasteiger partial charge in [0.15, 0.2) is 0 Å². The van der Waals surface area contributed by atoms with E-state index in [9.17, 15) is 13.2 Å². The van der Waals surface area contributed by atoms with Gasteiger partial charge in [0.2, 0.25) is 0 Å². The molecule has 0 fully saturated rings. The van der Waals surface area contributed by atoms with Gasteiger partial charge in [-0.1, -0.05) is 37.9 Å². The normalized spacial score (nSPS) is 9.80. The van der Waals surface area contributed by atoms with Crippen LogP contribution in [0.1, 0.15) is 16.7 Å². The van der Waals surface area contributed by atoms with Gasteiger partial charge in [-0.2, -0.15) is 0 Å². The number of halogens is 3. The summed E-state index contributed by atoms with van der Waals surface area (Å²) < 4.78 is 39.0. The summed E-state index contributed by atoms with van der Waals surface area (Å²) in [6.45, 7) is 9.11. The summed E-state index contributed by atoms with van der Waals surface area (Å²) in [5, 5.41) is 0. The summed E-state index contributed by atoms with van der Waals surface area (Å²) in [7, 11) is 0. The Labute approximate surface area is 86.0 Å². The first kappa shape index (κ1) is 11.3. The van der Waals surface area contributed by atoms with E-state index in [1.807, 2.05) is 0 Å². The quantitative estimate of drug-likeness (QED) is 0.688. The van der Waals surface area contributed by atoms with E-state index in [1.165, 1.54) is 18.2 Å². The first-order valence-corrected chi connectivity index (χ1v) is 4.12. The Kier molecular flexibility index (Phi) is 3.14. The van der Waals surface area contributed by atoms with Gasteiger partial charge >= 0.3 is 0 Å². The van der Waals surface area contributed by atoms with Crippen LogP contribution in [0, 0.1) is 0 Å². The third kappa shape index (κ3) is 2.18. The van der Waals surface area contributed by atoms with Crippen molar-refractivity contribution in [2.45, 2.75) is 0 Å². The molecule has 0 N–H and O–H groups in total. The Morgan fingerprint density at radius 1 is 0.800 bits per heavy atom. The largest absolute Gasteiger partial charge is 0.207 e. The van der Waals surface area contributed by atoms with Crippen molar-refractivity contribution in [2.75, 3.05) is 0 Å². The molecule has 0 unspecified atom stereocenters. The summed E-state index contributed by atoms with van der Waals surface area (Å²) in [6.07, 6.45) is 0. The lowest BCUT2D eigenvalue weighted by Gasteiger charge is -2.09. The summed E-state index contributed by atoms with van der Waals surface area (Å²) in [6, 6.07) is 4.00. The van der Waals surface area contributed by atoms with Crippen molar-refractivity contribution in [3.8, 4) is 0 Å². The Hall–Kier alpha value is -1.77. The van der Waals surface area contributed by atoms with Crippen molar-refractivity contribution in [3.05, 3.63) is 54.6 Å². The number of benzene rings is 1. The highest BCUT2D eigenvalue weighted by atomic mass is 19.1. The number of rotatable bonds is 3. The molecule has 0 atom stereocenters. The molecule has 0 aromatic heterocycles. The molecule has 0 aliphatic carbocycles. The zero-order valence-electron chi connectivity index (χ0n) is 7.99. The Morgan fingerprint density at radius 2 is 1.20 bits per heavy atom. The van der Waals surface area contributed by atoms with Crippen LogP contribution >= 0.6 is 0 Å². The van der Waals surface area contributed by atoms with E-state index in [-0.39, 0.29) is 16.7 Å². The topological polar surface area (TPSA) is 0 Å². The van der Waals surface area contributed by atoms with Crippen molar-refractivity contribution in [3.63, 3.8) is 0 Å². The molecule has 0 amide bonds. The fraction of sp³-hybridized carbons (Fsp3) is 0. The molecule has 0 heterocycles. The van der Waals surface area contributed by atoms with Crippen LogP contribution < -0.4 is 0 Å². The van der Waals surface area contributed by atoms with E-state index in [2.05, 4.69) is 19.7 Å². The Balaban J connectivity index is 3.56. The van der Waals surface area contributed by atoms with E-state index in [1.54, 1.807) is 0 Å². The molecule has 0 bridgehead atoms. The van der Waals surface area contributed by atoms with Crippen LogP contribution in [0.2, 0.25) is 0 Å². The molecule has 0 radical (unpaired) electrons. The lowest BCUT2D eigenvalue weighted by atomic mass is 9.99. The van der Waals surface area contributed by atoms with E-state index in [4.69, 9.17) is 0 Å². The molecule has 3 heteroatoms. The molecule has 1 aromatic rings. The van der Waals surface area contributed by atoms with Gasteiger partial charge in [-0.3, -0.25) is 0 Å². The monoisotopic (exact) mass is 210 g/mol. The smallest absolute Gasteiger partial charge is 0.124 e. The lowest BCUT2D eigenvalue weighted by molar-refractivity contribution is 0.737. The van der Waals surface area contributed by atoms with Crippen molar-refractivity contribution in [1.82, 2.24) is 0 Å². The highest BCUT2D eigenvalue weighted by molar-refractivity contribution is 5.80. The molecular weight excluding hydrogens is 201 g/mol. The molecule has 0 saturated carbocycles. The maximum absolute atomic E-state index is 13.1. The average molecular weight is 210 g/mol. The third-order valence-corrected chi connectivity index (χ3v) is 1.92. The molecule has 1 aromatic carbocycles. The minimum atomic E-state index is -0.918. The van der Waals surface area contributed by atoms with Crippen molar-refractivity contribution < 1.29 is 13.2 Å². The summed E-state index contributed by atoms with van der Waals surface area (Å²) in [5.74, 6) is -2.60. The fourth-order valence-corrected chi connectivity index (χ4v) is 1.30. The zero-order chi connectivity index (χ0) is 11.6.